The highest BCUT2D eigenvalue weighted by Crippen LogP contribution is 2.40. The molecule has 0 bridgehead atoms. The Labute approximate surface area is 330 Å². The number of aliphatic hydroxyl groups is 4. The molecule has 0 radical (unpaired) electrons. The Morgan fingerprint density at radius 2 is 1.69 bits per heavy atom. The van der Waals surface area contributed by atoms with Crippen LogP contribution in [0.15, 0.2) is 0 Å². The van der Waals surface area contributed by atoms with Crippen LogP contribution in [0.2, 0.25) is 0 Å². The molecule has 15 nitrogen and oxygen atoms in total. The van der Waals surface area contributed by atoms with Gasteiger partial charge in [0.05, 0.1) is 47.8 Å². The van der Waals surface area contributed by atoms with Gasteiger partial charge < -0.3 is 68.2 Å². The zero-order valence-electron chi connectivity index (χ0n) is 36.2. The van der Waals surface area contributed by atoms with Gasteiger partial charge in [0.2, 0.25) is 0 Å². The van der Waals surface area contributed by atoms with Crippen LogP contribution in [0.3, 0.4) is 0 Å². The summed E-state index contributed by atoms with van der Waals surface area (Å²) in [4.78, 5) is 17.1. The molecule has 0 amide bonds. The summed E-state index contributed by atoms with van der Waals surface area (Å²) in [5.41, 5.74) is -3.65. The predicted molar refractivity (Wildman–Crippen MR) is 207 cm³/mol. The summed E-state index contributed by atoms with van der Waals surface area (Å²) in [7, 11) is 5.77. The molecule has 3 fully saturated rings. The number of Topliss-reactive ketones (excluding diaryl/α,β-unsaturated/α-hetero) is 1. The van der Waals surface area contributed by atoms with E-state index in [0.717, 1.165) is 0 Å². The van der Waals surface area contributed by atoms with E-state index in [1.165, 1.54) is 14.0 Å². The van der Waals surface area contributed by atoms with Gasteiger partial charge in [-0.05, 0) is 94.8 Å². The zero-order chi connectivity index (χ0) is 42.0. The van der Waals surface area contributed by atoms with Crippen molar-refractivity contribution in [1.82, 2.24) is 9.80 Å². The first-order valence-corrected chi connectivity index (χ1v) is 20.1. The van der Waals surface area contributed by atoms with E-state index in [1.54, 1.807) is 34.6 Å². The fourth-order valence-electron chi connectivity index (χ4n) is 9.12. The minimum atomic E-state index is -1.55. The Kier molecular flexibility index (Phi) is 17.2. The normalized spacial score (nSPS) is 38.3. The van der Waals surface area contributed by atoms with Gasteiger partial charge in [0.25, 0.3) is 0 Å². The number of carbonyl (C=O) groups excluding carboxylic acids is 1. The second kappa shape index (κ2) is 19.5. The fourth-order valence-corrected chi connectivity index (χ4v) is 9.12. The molecule has 0 aromatic carbocycles. The number of hydrogen-bond acceptors (Lipinski definition) is 15. The Morgan fingerprint density at radius 1 is 1.07 bits per heavy atom. The van der Waals surface area contributed by atoms with Gasteiger partial charge in [-0.3, -0.25) is 4.79 Å². The van der Waals surface area contributed by atoms with Crippen LogP contribution >= 0.6 is 0 Å². The van der Waals surface area contributed by atoms with Crippen molar-refractivity contribution in [2.24, 2.45) is 17.8 Å². The molecular weight excluding hydrogens is 715 g/mol. The quantitative estimate of drug-likeness (QED) is 0.119. The van der Waals surface area contributed by atoms with E-state index in [9.17, 15) is 30.2 Å². The van der Waals surface area contributed by atoms with Crippen LogP contribution in [-0.2, 0) is 37.8 Å². The summed E-state index contributed by atoms with van der Waals surface area (Å²) in [6.07, 6.45) is -6.64. The summed E-state index contributed by atoms with van der Waals surface area (Å²) in [6, 6.07) is -0.556. The van der Waals surface area contributed by atoms with Gasteiger partial charge in [-0.15, -0.1) is 0 Å². The predicted octanol–water partition coefficient (Wildman–Crippen LogP) is 1.96. The molecule has 0 aromatic rings. The highest BCUT2D eigenvalue weighted by atomic mass is 16.7. The van der Waals surface area contributed by atoms with Gasteiger partial charge >= 0.3 is 7.32 Å². The molecule has 0 spiro atoms. The van der Waals surface area contributed by atoms with E-state index >= 15 is 0 Å². The van der Waals surface area contributed by atoms with E-state index in [1.807, 2.05) is 60.7 Å². The minimum Gasteiger partial charge on any atom is -0.402 e. The molecular formula is C39H75BN2O13. The Balaban J connectivity index is 1.96. The molecule has 0 saturated carbocycles. The lowest BCUT2D eigenvalue weighted by atomic mass is 9.77. The largest absolute Gasteiger partial charge is 0.637 e. The van der Waals surface area contributed by atoms with Gasteiger partial charge in [0.1, 0.15) is 23.6 Å². The summed E-state index contributed by atoms with van der Waals surface area (Å²) in [5.74, 6) is -1.57. The molecule has 3 aliphatic heterocycles. The monoisotopic (exact) mass is 791 g/mol. The Bertz CT molecular complexity index is 1220. The lowest BCUT2D eigenvalue weighted by Gasteiger charge is -2.49. The number of ether oxygens (including phenoxy) is 5. The zero-order valence-corrected chi connectivity index (χ0v) is 36.2. The molecule has 322 valence electrons. The van der Waals surface area contributed by atoms with E-state index < -0.39 is 91.3 Å². The van der Waals surface area contributed by atoms with Crippen LogP contribution in [0.5, 0.6) is 0 Å². The first-order valence-electron chi connectivity index (χ1n) is 20.1. The second-order valence-corrected chi connectivity index (χ2v) is 17.9. The van der Waals surface area contributed by atoms with Gasteiger partial charge in [-0.2, -0.15) is 0 Å². The number of hydrogen-bond donors (Lipinski definition) is 5. The molecule has 3 aliphatic rings. The average molecular weight is 791 g/mol. The minimum absolute atomic E-state index is 0.128. The number of methoxy groups -OCH3 is 1. The van der Waals surface area contributed by atoms with Crippen molar-refractivity contribution < 1.29 is 63.2 Å². The maximum Gasteiger partial charge on any atom is 0.637 e. The number of rotatable bonds is 19. The molecule has 0 aliphatic carbocycles. The third kappa shape index (κ3) is 11.3. The Morgan fingerprint density at radius 3 is 2.24 bits per heavy atom. The standard InChI is InChI=1S/C39H75BN2O13/c1-16-29(44)39(11)35(54-40(48)55-39)25(6)42(14)20-21(2)18-37(9,47)34(53-36-31(45)28(41(12)13)17-22(3)50-36)24(5)32(23(4)26(7)43)52-30-19-38(10,49-15)33(46)27(8)51-30/h21-25,27-36,44-48H,16-20H2,1-15H3/t21-,22-,23+,24+,25-,27+,28+,29-,30?,31-,32-,33+,34-,35-,36?,37?,38-,39-/m1/s1. The lowest BCUT2D eigenvalue weighted by molar-refractivity contribution is -0.317. The van der Waals surface area contributed by atoms with Gasteiger partial charge in [0.15, 0.2) is 12.6 Å². The van der Waals surface area contributed by atoms with E-state index in [-0.39, 0.29) is 42.7 Å². The highest BCUT2D eigenvalue weighted by Gasteiger charge is 2.56. The van der Waals surface area contributed by atoms with Crippen molar-refractivity contribution >= 4 is 13.1 Å². The Hall–Kier alpha value is -0.825. The summed E-state index contributed by atoms with van der Waals surface area (Å²) in [5, 5.41) is 56.1. The molecule has 3 heterocycles. The summed E-state index contributed by atoms with van der Waals surface area (Å²) in [6.45, 7) is 20.3. The van der Waals surface area contributed by atoms with Crippen LogP contribution < -0.4 is 0 Å². The fraction of sp³-hybridized carbons (Fsp3) is 0.974. The third-order valence-electron chi connectivity index (χ3n) is 12.8. The third-order valence-corrected chi connectivity index (χ3v) is 12.8. The maximum atomic E-state index is 13.1. The first kappa shape index (κ1) is 48.5. The number of likely N-dealkylation sites (N-methyl/N-ethyl adjacent to an activating group) is 2. The van der Waals surface area contributed by atoms with Crippen molar-refractivity contribution in [2.45, 2.75) is 192 Å². The van der Waals surface area contributed by atoms with Crippen LogP contribution in [-0.4, -0.2) is 173 Å². The SMILES string of the molecule is CC[C@@H](O)[C@@]1(C)OB(O)O[C@@H]1[C@@H](C)N(C)C[C@H](C)CC(C)(O)[C@H](OC1O[C@H](C)C[C@H](N(C)C)[C@H]1O)[C@@H](C)[C@H](OC1C[C@@](C)(OC)[C@@H](O)[C@H](C)O1)[C@@H](C)C(C)=O. The topological polar surface area (TPSA) is 189 Å². The molecule has 0 aromatic heterocycles. The van der Waals surface area contributed by atoms with Gasteiger partial charge in [0, 0.05) is 44.0 Å². The molecule has 16 heteroatoms. The molecule has 3 rings (SSSR count). The molecule has 5 N–H and O–H groups in total. The lowest BCUT2D eigenvalue weighted by Crippen LogP contribution is -2.60. The number of ketones is 1. The van der Waals surface area contributed by atoms with Crippen molar-refractivity contribution in [1.29, 1.82) is 0 Å². The smallest absolute Gasteiger partial charge is 0.402 e. The van der Waals surface area contributed by atoms with Crippen molar-refractivity contribution in [2.75, 3.05) is 34.8 Å². The highest BCUT2D eigenvalue weighted by molar-refractivity contribution is 6.35. The number of aliphatic hydroxyl groups excluding tert-OH is 3. The van der Waals surface area contributed by atoms with Crippen LogP contribution in [0.1, 0.15) is 102 Å². The molecule has 18 atom stereocenters. The second-order valence-electron chi connectivity index (χ2n) is 17.9. The molecule has 55 heavy (non-hydrogen) atoms. The van der Waals surface area contributed by atoms with Crippen molar-refractivity contribution in [3.05, 3.63) is 0 Å². The van der Waals surface area contributed by atoms with Crippen molar-refractivity contribution in [3.63, 3.8) is 0 Å². The first-order chi connectivity index (χ1) is 25.3. The van der Waals surface area contributed by atoms with E-state index in [2.05, 4.69) is 4.90 Å². The molecule has 3 unspecified atom stereocenters. The van der Waals surface area contributed by atoms with E-state index in [0.29, 0.717) is 19.4 Å². The maximum absolute atomic E-state index is 13.1. The van der Waals surface area contributed by atoms with Crippen molar-refractivity contribution in [3.8, 4) is 0 Å². The number of nitrogens with zero attached hydrogens (tertiary/aromatic N) is 2. The number of carbonyl (C=O) groups is 1. The van der Waals surface area contributed by atoms with Gasteiger partial charge in [-0.25, -0.2) is 0 Å². The van der Waals surface area contributed by atoms with Crippen LogP contribution in [0.4, 0.5) is 0 Å². The summed E-state index contributed by atoms with van der Waals surface area (Å²) < 4.78 is 42.9. The molecule has 3 saturated heterocycles. The summed E-state index contributed by atoms with van der Waals surface area (Å²) >= 11 is 0. The van der Waals surface area contributed by atoms with Gasteiger partial charge in [-0.1, -0.05) is 27.7 Å². The van der Waals surface area contributed by atoms with E-state index in [4.69, 9.17) is 33.0 Å². The van der Waals surface area contributed by atoms with Crippen LogP contribution in [0.25, 0.3) is 0 Å². The van der Waals surface area contributed by atoms with Crippen LogP contribution in [0, 0.1) is 17.8 Å². The average Bonchev–Trinajstić information content (AvgIpc) is 3.41.